The molecule has 3 rings (SSSR count). The molecule has 1 nitrogen and oxygen atoms in total. The van der Waals surface area contributed by atoms with Crippen LogP contribution in [0.3, 0.4) is 0 Å². The van der Waals surface area contributed by atoms with Crippen LogP contribution in [0.2, 0.25) is 0 Å². The predicted molar refractivity (Wildman–Crippen MR) is 98.8 cm³/mol. The van der Waals surface area contributed by atoms with Gasteiger partial charge in [0.15, 0.2) is 5.69 Å². The molecule has 0 N–H and O–H groups in total. The first kappa shape index (κ1) is 15.7. The molecule has 0 amide bonds. The molecule has 0 fully saturated rings. The Bertz CT molecular complexity index is 875. The van der Waals surface area contributed by atoms with E-state index in [0.29, 0.717) is 0 Å². The van der Waals surface area contributed by atoms with Crippen molar-refractivity contribution in [2.75, 3.05) is 0 Å². The van der Waals surface area contributed by atoms with Gasteiger partial charge in [0.1, 0.15) is 7.05 Å². The topological polar surface area (TPSA) is 3.88 Å². The van der Waals surface area contributed by atoms with Crippen molar-refractivity contribution in [1.82, 2.24) is 0 Å². The minimum Gasteiger partial charge on any atom is -0.198 e. The SMILES string of the molecule is CCc1cc(CC)c(C)c(-c2c3ccccc3cc(C)[n+]2C)c1. The van der Waals surface area contributed by atoms with Crippen LogP contribution in [0.25, 0.3) is 22.0 Å². The summed E-state index contributed by atoms with van der Waals surface area (Å²) in [6.07, 6.45) is 2.16. The lowest BCUT2D eigenvalue weighted by atomic mass is 9.92. The Labute approximate surface area is 139 Å². The first-order valence-electron chi connectivity index (χ1n) is 8.58. The summed E-state index contributed by atoms with van der Waals surface area (Å²) >= 11 is 0. The highest BCUT2D eigenvalue weighted by Gasteiger charge is 2.20. The molecule has 1 heteroatoms. The minimum atomic E-state index is 1.08. The fourth-order valence-electron chi connectivity index (χ4n) is 3.50. The van der Waals surface area contributed by atoms with Gasteiger partial charge in [-0.1, -0.05) is 38.1 Å². The van der Waals surface area contributed by atoms with Crippen LogP contribution in [0, 0.1) is 13.8 Å². The second kappa shape index (κ2) is 6.16. The standard InChI is InChI=1S/C22H26N/c1-6-17-13-18(7-2)16(4)21(14-17)22-20-11-9-8-10-19(20)12-15(3)23(22)5/h8-14H,6-7H2,1-5H3/q+1. The Balaban J connectivity index is 2.43. The van der Waals surface area contributed by atoms with E-state index in [1.54, 1.807) is 0 Å². The largest absolute Gasteiger partial charge is 0.220 e. The first-order chi connectivity index (χ1) is 11.1. The second-order valence-corrected chi connectivity index (χ2v) is 6.42. The molecule has 0 aliphatic heterocycles. The molecule has 1 aromatic heterocycles. The number of pyridine rings is 1. The average Bonchev–Trinajstić information content (AvgIpc) is 2.57. The van der Waals surface area contributed by atoms with Gasteiger partial charge in [0.2, 0.25) is 5.69 Å². The highest BCUT2D eigenvalue weighted by Crippen LogP contribution is 2.31. The van der Waals surface area contributed by atoms with Crippen LogP contribution in [0.5, 0.6) is 0 Å². The van der Waals surface area contributed by atoms with Crippen molar-refractivity contribution in [1.29, 1.82) is 0 Å². The lowest BCUT2D eigenvalue weighted by molar-refractivity contribution is -0.665. The molecule has 0 bridgehead atoms. The summed E-state index contributed by atoms with van der Waals surface area (Å²) in [6, 6.07) is 15.8. The molecule has 0 aliphatic carbocycles. The molecule has 0 unspecified atom stereocenters. The van der Waals surface area contributed by atoms with Crippen molar-refractivity contribution in [2.24, 2.45) is 7.05 Å². The normalized spacial score (nSPS) is 11.2. The van der Waals surface area contributed by atoms with Crippen molar-refractivity contribution in [3.05, 3.63) is 64.8 Å². The van der Waals surface area contributed by atoms with Gasteiger partial charge in [0, 0.05) is 13.0 Å². The van der Waals surface area contributed by atoms with Crippen molar-refractivity contribution in [3.63, 3.8) is 0 Å². The highest BCUT2D eigenvalue weighted by molar-refractivity contribution is 5.94. The van der Waals surface area contributed by atoms with Gasteiger partial charge in [-0.05, 0) is 54.0 Å². The lowest BCUT2D eigenvalue weighted by Gasteiger charge is -2.14. The summed E-state index contributed by atoms with van der Waals surface area (Å²) < 4.78 is 2.34. The first-order valence-corrected chi connectivity index (χ1v) is 8.58. The van der Waals surface area contributed by atoms with Crippen molar-refractivity contribution < 1.29 is 4.57 Å². The fraction of sp³-hybridized carbons (Fsp3) is 0.318. The third kappa shape index (κ3) is 2.65. The van der Waals surface area contributed by atoms with E-state index in [0.717, 1.165) is 12.8 Å². The molecule has 0 saturated heterocycles. The molecule has 2 aromatic carbocycles. The number of fused-ring (bicyclic) bond motifs is 1. The fourth-order valence-corrected chi connectivity index (χ4v) is 3.50. The van der Waals surface area contributed by atoms with Crippen molar-refractivity contribution in [2.45, 2.75) is 40.5 Å². The Kier molecular flexibility index (Phi) is 4.21. The minimum absolute atomic E-state index is 1.08. The number of nitrogens with zero attached hydrogens (tertiary/aromatic N) is 1. The molecule has 0 atom stereocenters. The van der Waals surface area contributed by atoms with Gasteiger partial charge in [0.05, 0.1) is 10.9 Å². The number of aryl methyl sites for hydroxylation is 3. The van der Waals surface area contributed by atoms with Crippen LogP contribution >= 0.6 is 0 Å². The van der Waals surface area contributed by atoms with Crippen LogP contribution in [0.4, 0.5) is 0 Å². The monoisotopic (exact) mass is 304 g/mol. The molecule has 118 valence electrons. The maximum absolute atomic E-state index is 2.38. The van der Waals surface area contributed by atoms with Gasteiger partial charge in [-0.3, -0.25) is 0 Å². The highest BCUT2D eigenvalue weighted by atomic mass is 14.9. The molecule has 0 aliphatic rings. The number of hydrogen-bond donors (Lipinski definition) is 0. The molecule has 0 saturated carbocycles. The summed E-state index contributed by atoms with van der Waals surface area (Å²) in [5.41, 5.74) is 8.30. The van der Waals surface area contributed by atoms with Crippen molar-refractivity contribution >= 4 is 10.8 Å². The quantitative estimate of drug-likeness (QED) is 0.595. The molecule has 0 spiro atoms. The molecular formula is C22H26N+. The van der Waals surface area contributed by atoms with Crippen molar-refractivity contribution in [3.8, 4) is 11.3 Å². The zero-order valence-electron chi connectivity index (χ0n) is 14.9. The zero-order chi connectivity index (χ0) is 16.6. The number of rotatable bonds is 3. The van der Waals surface area contributed by atoms with E-state index in [1.165, 1.54) is 44.4 Å². The van der Waals surface area contributed by atoms with Crippen LogP contribution in [-0.2, 0) is 19.9 Å². The number of hydrogen-bond acceptors (Lipinski definition) is 0. The second-order valence-electron chi connectivity index (χ2n) is 6.42. The van der Waals surface area contributed by atoms with E-state index in [1.807, 2.05) is 0 Å². The Hall–Kier alpha value is -2.15. The van der Waals surface area contributed by atoms with E-state index < -0.39 is 0 Å². The van der Waals surface area contributed by atoms with E-state index in [4.69, 9.17) is 0 Å². The summed E-state index contributed by atoms with van der Waals surface area (Å²) in [5.74, 6) is 0. The van der Waals surface area contributed by atoms with Crippen LogP contribution in [0.15, 0.2) is 42.5 Å². The molecule has 3 aromatic rings. The molecule has 0 radical (unpaired) electrons. The van der Waals surface area contributed by atoms with E-state index in [-0.39, 0.29) is 0 Å². The van der Waals surface area contributed by atoms with Crippen LogP contribution in [-0.4, -0.2) is 0 Å². The Morgan fingerprint density at radius 1 is 0.913 bits per heavy atom. The van der Waals surface area contributed by atoms with Crippen LogP contribution in [0.1, 0.15) is 36.2 Å². The maximum Gasteiger partial charge on any atom is 0.220 e. The average molecular weight is 304 g/mol. The van der Waals surface area contributed by atoms with Gasteiger partial charge in [-0.15, -0.1) is 0 Å². The summed E-state index contributed by atoms with van der Waals surface area (Å²) in [6.45, 7) is 8.95. The summed E-state index contributed by atoms with van der Waals surface area (Å²) in [4.78, 5) is 0. The lowest BCUT2D eigenvalue weighted by Crippen LogP contribution is -2.35. The smallest absolute Gasteiger partial charge is 0.198 e. The van der Waals surface area contributed by atoms with Gasteiger partial charge < -0.3 is 0 Å². The third-order valence-corrected chi connectivity index (χ3v) is 5.06. The summed E-state index contributed by atoms with van der Waals surface area (Å²) in [5, 5.41) is 2.65. The van der Waals surface area contributed by atoms with E-state index in [9.17, 15) is 0 Å². The van der Waals surface area contributed by atoms with Gasteiger partial charge in [-0.2, -0.15) is 4.57 Å². The summed E-state index contributed by atoms with van der Waals surface area (Å²) in [7, 11) is 2.18. The van der Waals surface area contributed by atoms with Crippen LogP contribution < -0.4 is 4.57 Å². The van der Waals surface area contributed by atoms with E-state index >= 15 is 0 Å². The maximum atomic E-state index is 2.38. The molecule has 1 heterocycles. The Morgan fingerprint density at radius 3 is 2.35 bits per heavy atom. The predicted octanol–water partition coefficient (Wildman–Crippen LogP) is 5.07. The number of aromatic nitrogens is 1. The zero-order valence-corrected chi connectivity index (χ0v) is 14.9. The third-order valence-electron chi connectivity index (χ3n) is 5.06. The molecular weight excluding hydrogens is 278 g/mol. The number of benzene rings is 2. The molecule has 23 heavy (non-hydrogen) atoms. The van der Waals surface area contributed by atoms with Gasteiger partial charge in [-0.25, -0.2) is 0 Å². The van der Waals surface area contributed by atoms with E-state index in [2.05, 4.69) is 81.8 Å². The Morgan fingerprint density at radius 2 is 1.65 bits per heavy atom. The van der Waals surface area contributed by atoms with Gasteiger partial charge in [0.25, 0.3) is 0 Å². The van der Waals surface area contributed by atoms with Gasteiger partial charge >= 0.3 is 0 Å².